The Kier molecular flexibility index (Phi) is 7.30. The van der Waals surface area contributed by atoms with Gasteiger partial charge in [-0.3, -0.25) is 9.59 Å². The molecule has 0 aliphatic rings. The van der Waals surface area contributed by atoms with Gasteiger partial charge in [-0.25, -0.2) is 14.8 Å². The Balaban J connectivity index is 1.98. The molecule has 0 saturated carbocycles. The standard InChI is InChI=1S/C18H20N4O4S/c1-11-7-12(2)22-18(21-11)27-10-13-5-3-4-6-14(13)17(25)26-9-16(24)20-8-15(19)23/h3-7H,8-10H2,1-2H3,(H2,19,23)(H,20,24). The highest BCUT2D eigenvalue weighted by Crippen LogP contribution is 2.22. The summed E-state index contributed by atoms with van der Waals surface area (Å²) in [6.45, 7) is 2.99. The van der Waals surface area contributed by atoms with E-state index in [0.29, 0.717) is 16.5 Å². The third kappa shape index (κ3) is 6.70. The quantitative estimate of drug-likeness (QED) is 0.395. The molecule has 27 heavy (non-hydrogen) atoms. The van der Waals surface area contributed by atoms with Crippen molar-refractivity contribution in [3.8, 4) is 0 Å². The van der Waals surface area contributed by atoms with Crippen LogP contribution in [0.5, 0.6) is 0 Å². The minimum atomic E-state index is -0.675. The van der Waals surface area contributed by atoms with E-state index in [1.807, 2.05) is 26.0 Å². The fourth-order valence-corrected chi connectivity index (χ4v) is 3.14. The molecule has 3 N–H and O–H groups in total. The second-order valence-corrected chi connectivity index (χ2v) is 6.64. The van der Waals surface area contributed by atoms with Crippen LogP contribution in [0.25, 0.3) is 0 Å². The third-order valence-electron chi connectivity index (χ3n) is 3.35. The molecule has 0 fully saturated rings. The van der Waals surface area contributed by atoms with Gasteiger partial charge < -0.3 is 15.8 Å². The number of nitrogens with one attached hydrogen (secondary N) is 1. The smallest absolute Gasteiger partial charge is 0.338 e. The van der Waals surface area contributed by atoms with Gasteiger partial charge in [-0.1, -0.05) is 30.0 Å². The van der Waals surface area contributed by atoms with Gasteiger partial charge in [-0.05, 0) is 31.5 Å². The number of aryl methyl sites for hydroxylation is 2. The summed E-state index contributed by atoms with van der Waals surface area (Å²) in [5.74, 6) is -1.42. The Hall–Kier alpha value is -2.94. The van der Waals surface area contributed by atoms with Gasteiger partial charge in [0.1, 0.15) is 0 Å². The molecule has 0 aliphatic heterocycles. The first-order chi connectivity index (χ1) is 12.8. The van der Waals surface area contributed by atoms with Gasteiger partial charge >= 0.3 is 5.97 Å². The second kappa shape index (κ2) is 9.67. The lowest BCUT2D eigenvalue weighted by atomic mass is 10.1. The van der Waals surface area contributed by atoms with Crippen LogP contribution in [0, 0.1) is 13.8 Å². The number of hydrogen-bond donors (Lipinski definition) is 2. The number of primary amides is 1. The number of rotatable bonds is 8. The van der Waals surface area contributed by atoms with Crippen LogP contribution in [0.1, 0.15) is 27.3 Å². The Labute approximate surface area is 160 Å². The Morgan fingerprint density at radius 3 is 2.48 bits per heavy atom. The lowest BCUT2D eigenvalue weighted by molar-refractivity contribution is -0.127. The summed E-state index contributed by atoms with van der Waals surface area (Å²) in [5, 5.41) is 2.88. The van der Waals surface area contributed by atoms with E-state index >= 15 is 0 Å². The number of benzene rings is 1. The molecule has 0 atom stereocenters. The Bertz CT molecular complexity index is 837. The number of thioether (sulfide) groups is 1. The van der Waals surface area contributed by atoms with E-state index in [1.165, 1.54) is 11.8 Å². The highest BCUT2D eigenvalue weighted by molar-refractivity contribution is 7.98. The van der Waals surface area contributed by atoms with Crippen molar-refractivity contribution in [2.75, 3.05) is 13.2 Å². The highest BCUT2D eigenvalue weighted by atomic mass is 32.2. The topological polar surface area (TPSA) is 124 Å². The molecule has 142 valence electrons. The molecule has 1 aromatic carbocycles. The maximum absolute atomic E-state index is 12.3. The molecule has 1 aromatic heterocycles. The lowest BCUT2D eigenvalue weighted by Gasteiger charge is -2.09. The van der Waals surface area contributed by atoms with Crippen molar-refractivity contribution < 1.29 is 19.1 Å². The molecule has 2 rings (SSSR count). The Morgan fingerprint density at radius 1 is 1.15 bits per heavy atom. The van der Waals surface area contributed by atoms with E-state index in [-0.39, 0.29) is 6.54 Å². The minimum absolute atomic E-state index is 0.306. The SMILES string of the molecule is Cc1cc(C)nc(SCc2ccccc2C(=O)OCC(=O)NCC(N)=O)n1. The highest BCUT2D eigenvalue weighted by Gasteiger charge is 2.15. The van der Waals surface area contributed by atoms with Gasteiger partial charge in [0.15, 0.2) is 11.8 Å². The van der Waals surface area contributed by atoms with E-state index in [2.05, 4.69) is 15.3 Å². The van der Waals surface area contributed by atoms with Crippen LogP contribution < -0.4 is 11.1 Å². The molecule has 0 radical (unpaired) electrons. The van der Waals surface area contributed by atoms with E-state index < -0.39 is 24.4 Å². The number of amides is 2. The van der Waals surface area contributed by atoms with E-state index in [9.17, 15) is 14.4 Å². The number of aromatic nitrogens is 2. The molecule has 2 amide bonds. The second-order valence-electron chi connectivity index (χ2n) is 5.70. The first kappa shape index (κ1) is 20.4. The van der Waals surface area contributed by atoms with Gasteiger partial charge in [0, 0.05) is 17.1 Å². The minimum Gasteiger partial charge on any atom is -0.452 e. The monoisotopic (exact) mass is 388 g/mol. The van der Waals surface area contributed by atoms with Crippen LogP contribution in [0.4, 0.5) is 0 Å². The normalized spacial score (nSPS) is 10.3. The summed E-state index contributed by atoms with van der Waals surface area (Å²) >= 11 is 1.41. The zero-order chi connectivity index (χ0) is 19.8. The van der Waals surface area contributed by atoms with Crippen molar-refractivity contribution in [3.63, 3.8) is 0 Å². The fourth-order valence-electron chi connectivity index (χ4n) is 2.19. The summed E-state index contributed by atoms with van der Waals surface area (Å²) in [5.41, 5.74) is 7.78. The van der Waals surface area contributed by atoms with Gasteiger partial charge in [-0.15, -0.1) is 0 Å². The van der Waals surface area contributed by atoms with E-state index in [1.54, 1.807) is 18.2 Å². The maximum atomic E-state index is 12.3. The van der Waals surface area contributed by atoms with Crippen molar-refractivity contribution in [2.24, 2.45) is 5.73 Å². The molecule has 0 aliphatic carbocycles. The number of carbonyl (C=O) groups is 3. The molecule has 0 bridgehead atoms. The molecule has 0 spiro atoms. The van der Waals surface area contributed by atoms with Crippen LogP contribution >= 0.6 is 11.8 Å². The summed E-state index contributed by atoms with van der Waals surface area (Å²) in [4.78, 5) is 43.2. The van der Waals surface area contributed by atoms with Gasteiger partial charge in [0.2, 0.25) is 5.91 Å². The van der Waals surface area contributed by atoms with Crippen LogP contribution in [0.3, 0.4) is 0 Å². The average Bonchev–Trinajstić information content (AvgIpc) is 2.62. The van der Waals surface area contributed by atoms with Gasteiger partial charge in [-0.2, -0.15) is 0 Å². The lowest BCUT2D eigenvalue weighted by Crippen LogP contribution is -2.36. The molecule has 0 unspecified atom stereocenters. The van der Waals surface area contributed by atoms with Gasteiger partial charge in [0.25, 0.3) is 5.91 Å². The predicted octanol–water partition coefficient (Wildman–Crippen LogP) is 1.14. The number of nitrogens with zero attached hydrogens (tertiary/aromatic N) is 2. The van der Waals surface area contributed by atoms with Crippen LogP contribution in [0.2, 0.25) is 0 Å². The number of nitrogens with two attached hydrogens (primary N) is 1. The zero-order valence-corrected chi connectivity index (χ0v) is 15.8. The summed E-state index contributed by atoms with van der Waals surface area (Å²) in [6, 6.07) is 8.85. The van der Waals surface area contributed by atoms with Gasteiger partial charge in [0.05, 0.1) is 12.1 Å². The van der Waals surface area contributed by atoms with E-state index in [4.69, 9.17) is 10.5 Å². The molecule has 1 heterocycles. The first-order valence-electron chi connectivity index (χ1n) is 8.10. The molecule has 8 nitrogen and oxygen atoms in total. The summed E-state index contributed by atoms with van der Waals surface area (Å²) in [7, 11) is 0. The van der Waals surface area contributed by atoms with Crippen LogP contribution in [0.15, 0.2) is 35.5 Å². The molecule has 2 aromatic rings. The first-order valence-corrected chi connectivity index (χ1v) is 9.09. The van der Waals surface area contributed by atoms with Crippen molar-refractivity contribution in [3.05, 3.63) is 52.8 Å². The Morgan fingerprint density at radius 2 is 1.81 bits per heavy atom. The van der Waals surface area contributed by atoms with Crippen molar-refractivity contribution in [1.29, 1.82) is 0 Å². The molecular weight excluding hydrogens is 368 g/mol. The molecular formula is C18H20N4O4S. The zero-order valence-electron chi connectivity index (χ0n) is 15.0. The van der Waals surface area contributed by atoms with Crippen molar-refractivity contribution >= 4 is 29.5 Å². The fraction of sp³-hybridized carbons (Fsp3) is 0.278. The molecule has 9 heteroatoms. The number of carbonyl (C=O) groups excluding carboxylic acids is 3. The molecule has 0 saturated heterocycles. The summed E-state index contributed by atoms with van der Waals surface area (Å²) in [6.07, 6.45) is 0. The summed E-state index contributed by atoms with van der Waals surface area (Å²) < 4.78 is 5.01. The third-order valence-corrected chi connectivity index (χ3v) is 4.25. The van der Waals surface area contributed by atoms with Crippen molar-refractivity contribution in [2.45, 2.75) is 24.8 Å². The van der Waals surface area contributed by atoms with Crippen LogP contribution in [-0.2, 0) is 20.1 Å². The average molecular weight is 388 g/mol. The predicted molar refractivity (Wildman–Crippen MR) is 100.0 cm³/mol. The number of ether oxygens (including phenoxy) is 1. The number of hydrogen-bond acceptors (Lipinski definition) is 7. The number of esters is 1. The van der Waals surface area contributed by atoms with E-state index in [0.717, 1.165) is 17.0 Å². The largest absolute Gasteiger partial charge is 0.452 e. The van der Waals surface area contributed by atoms with Crippen LogP contribution in [-0.4, -0.2) is 40.9 Å². The maximum Gasteiger partial charge on any atom is 0.338 e. The van der Waals surface area contributed by atoms with Crippen molar-refractivity contribution in [1.82, 2.24) is 15.3 Å².